The number of aromatic nitrogens is 3. The standard InChI is InChI=1S/C39H25N3OS/c1-3-11-24(12-4-1)26-21-22-31-30(23-26)35-28(16-9-18-32(35)43-31)38-40-37(25-13-5-2-6-14-25)41-39(42-38)29-17-10-20-34-36(29)27-15-7-8-19-33(27)44-34/h1-23,32,35H. The van der Waals surface area contributed by atoms with Gasteiger partial charge in [0.25, 0.3) is 0 Å². The first kappa shape index (κ1) is 25.1. The molecule has 0 saturated heterocycles. The molecule has 0 fully saturated rings. The highest BCUT2D eigenvalue weighted by atomic mass is 32.1. The third-order valence-electron chi connectivity index (χ3n) is 8.52. The van der Waals surface area contributed by atoms with Crippen molar-refractivity contribution >= 4 is 37.1 Å². The van der Waals surface area contributed by atoms with E-state index in [9.17, 15) is 0 Å². The predicted octanol–water partition coefficient (Wildman–Crippen LogP) is 9.74. The van der Waals surface area contributed by atoms with E-state index in [0.717, 1.165) is 28.0 Å². The van der Waals surface area contributed by atoms with Crippen LogP contribution in [-0.2, 0) is 0 Å². The molecular weight excluding hydrogens is 559 g/mol. The lowest BCUT2D eigenvalue weighted by Crippen LogP contribution is -2.20. The summed E-state index contributed by atoms with van der Waals surface area (Å²) in [6.45, 7) is 0. The molecule has 0 saturated carbocycles. The van der Waals surface area contributed by atoms with Gasteiger partial charge in [0.15, 0.2) is 17.5 Å². The number of fused-ring (bicyclic) bond motifs is 6. The van der Waals surface area contributed by atoms with E-state index < -0.39 is 0 Å². The van der Waals surface area contributed by atoms with E-state index in [1.54, 1.807) is 11.3 Å². The van der Waals surface area contributed by atoms with Crippen molar-refractivity contribution in [1.29, 1.82) is 0 Å². The second-order valence-corrected chi connectivity index (χ2v) is 12.2. The molecule has 2 unspecified atom stereocenters. The minimum absolute atomic E-state index is 0.0321. The third-order valence-corrected chi connectivity index (χ3v) is 9.66. The van der Waals surface area contributed by atoms with Gasteiger partial charge in [0, 0.05) is 42.4 Å². The summed E-state index contributed by atoms with van der Waals surface area (Å²) in [5.41, 5.74) is 6.50. The Morgan fingerprint density at radius 1 is 0.591 bits per heavy atom. The lowest BCUT2D eigenvalue weighted by molar-refractivity contribution is 0.271. The van der Waals surface area contributed by atoms with Crippen LogP contribution in [0.15, 0.2) is 140 Å². The molecule has 4 nitrogen and oxygen atoms in total. The smallest absolute Gasteiger partial charge is 0.164 e. The number of hydrogen-bond donors (Lipinski definition) is 0. The fourth-order valence-corrected chi connectivity index (χ4v) is 7.62. The quantitative estimate of drug-likeness (QED) is 0.207. The van der Waals surface area contributed by atoms with Crippen LogP contribution in [0, 0.1) is 0 Å². The molecule has 0 N–H and O–H groups in total. The number of ether oxygens (including phenoxy) is 1. The lowest BCUT2D eigenvalue weighted by Gasteiger charge is -2.22. The van der Waals surface area contributed by atoms with Crippen molar-refractivity contribution < 1.29 is 4.74 Å². The van der Waals surface area contributed by atoms with Crippen molar-refractivity contribution in [1.82, 2.24) is 15.0 Å². The van der Waals surface area contributed by atoms with Gasteiger partial charge in [-0.05, 0) is 41.5 Å². The number of allylic oxidation sites excluding steroid dienone is 2. The fourth-order valence-electron chi connectivity index (χ4n) is 6.48. The van der Waals surface area contributed by atoms with Gasteiger partial charge in [-0.25, -0.2) is 15.0 Å². The Hall–Kier alpha value is -5.39. The lowest BCUT2D eigenvalue weighted by atomic mass is 9.83. The van der Waals surface area contributed by atoms with Crippen LogP contribution in [0.4, 0.5) is 0 Å². The molecule has 7 aromatic rings. The molecule has 5 aromatic carbocycles. The number of nitrogens with zero attached hydrogens (tertiary/aromatic N) is 3. The molecule has 0 amide bonds. The molecule has 44 heavy (non-hydrogen) atoms. The Morgan fingerprint density at radius 2 is 1.32 bits per heavy atom. The zero-order valence-electron chi connectivity index (χ0n) is 23.6. The molecule has 2 aliphatic rings. The average Bonchev–Trinajstić information content (AvgIpc) is 3.67. The molecule has 9 rings (SSSR count). The van der Waals surface area contributed by atoms with Crippen molar-refractivity contribution in [2.45, 2.75) is 12.0 Å². The van der Waals surface area contributed by atoms with E-state index in [1.165, 1.54) is 31.3 Å². The predicted molar refractivity (Wildman–Crippen MR) is 180 cm³/mol. The van der Waals surface area contributed by atoms with Crippen LogP contribution in [0.1, 0.15) is 17.3 Å². The Balaban J connectivity index is 1.24. The molecule has 3 heterocycles. The van der Waals surface area contributed by atoms with E-state index in [-0.39, 0.29) is 12.0 Å². The summed E-state index contributed by atoms with van der Waals surface area (Å²) in [5.74, 6) is 2.88. The first-order chi connectivity index (χ1) is 21.8. The summed E-state index contributed by atoms with van der Waals surface area (Å²) in [6.07, 6.45) is 6.22. The van der Waals surface area contributed by atoms with Crippen molar-refractivity contribution in [3.8, 4) is 39.7 Å². The largest absolute Gasteiger partial charge is 0.485 e. The van der Waals surface area contributed by atoms with Gasteiger partial charge < -0.3 is 4.74 Å². The van der Waals surface area contributed by atoms with E-state index in [2.05, 4.69) is 115 Å². The summed E-state index contributed by atoms with van der Waals surface area (Å²) in [5, 5.41) is 2.40. The van der Waals surface area contributed by atoms with Gasteiger partial charge in [-0.2, -0.15) is 0 Å². The summed E-state index contributed by atoms with van der Waals surface area (Å²) < 4.78 is 8.96. The van der Waals surface area contributed by atoms with E-state index in [0.29, 0.717) is 17.5 Å². The van der Waals surface area contributed by atoms with E-state index in [1.807, 2.05) is 24.3 Å². The second-order valence-electron chi connectivity index (χ2n) is 11.1. The highest BCUT2D eigenvalue weighted by molar-refractivity contribution is 7.25. The first-order valence-corrected chi connectivity index (χ1v) is 15.6. The maximum atomic E-state index is 6.48. The summed E-state index contributed by atoms with van der Waals surface area (Å²) >= 11 is 1.80. The maximum absolute atomic E-state index is 6.48. The Morgan fingerprint density at radius 3 is 2.18 bits per heavy atom. The highest BCUT2D eigenvalue weighted by Gasteiger charge is 2.39. The van der Waals surface area contributed by atoms with Crippen LogP contribution in [0.5, 0.6) is 5.75 Å². The topological polar surface area (TPSA) is 47.9 Å². The van der Waals surface area contributed by atoms with Crippen molar-refractivity contribution in [3.05, 3.63) is 151 Å². The highest BCUT2D eigenvalue weighted by Crippen LogP contribution is 2.49. The molecular formula is C39H25N3OS. The summed E-state index contributed by atoms with van der Waals surface area (Å²) in [7, 11) is 0. The molecule has 1 aliphatic carbocycles. The average molecular weight is 584 g/mol. The number of rotatable bonds is 4. The maximum Gasteiger partial charge on any atom is 0.164 e. The van der Waals surface area contributed by atoms with Crippen molar-refractivity contribution in [3.63, 3.8) is 0 Å². The molecule has 5 heteroatoms. The van der Waals surface area contributed by atoms with Crippen LogP contribution < -0.4 is 4.74 Å². The monoisotopic (exact) mass is 583 g/mol. The normalized spacial score (nSPS) is 16.9. The van der Waals surface area contributed by atoms with Gasteiger partial charge in [0.05, 0.1) is 5.92 Å². The van der Waals surface area contributed by atoms with E-state index >= 15 is 0 Å². The molecule has 0 spiro atoms. The van der Waals surface area contributed by atoms with Crippen LogP contribution in [-0.4, -0.2) is 21.1 Å². The Kier molecular flexibility index (Phi) is 5.78. The molecule has 208 valence electrons. The van der Waals surface area contributed by atoms with Crippen LogP contribution in [0.3, 0.4) is 0 Å². The van der Waals surface area contributed by atoms with Crippen LogP contribution in [0.25, 0.3) is 59.6 Å². The number of thiophene rings is 1. The Labute approximate surface area is 258 Å². The molecule has 2 atom stereocenters. The van der Waals surface area contributed by atoms with Gasteiger partial charge in [-0.15, -0.1) is 11.3 Å². The van der Waals surface area contributed by atoms with Crippen molar-refractivity contribution in [2.75, 3.05) is 0 Å². The zero-order valence-corrected chi connectivity index (χ0v) is 24.4. The summed E-state index contributed by atoms with van der Waals surface area (Å²) in [4.78, 5) is 15.4. The first-order valence-electron chi connectivity index (χ1n) is 14.8. The number of hydrogen-bond acceptors (Lipinski definition) is 5. The SMILES string of the molecule is C1=CC2Oc3ccc(-c4ccccc4)cc3C2C(c2nc(-c3ccccc3)nc(-c3cccc4sc5ccccc5c34)n2)=C1. The van der Waals surface area contributed by atoms with Crippen molar-refractivity contribution in [2.24, 2.45) is 0 Å². The van der Waals surface area contributed by atoms with Gasteiger partial charge in [0.2, 0.25) is 0 Å². The number of benzene rings is 5. The molecule has 0 bridgehead atoms. The molecule has 1 aliphatic heterocycles. The van der Waals surface area contributed by atoms with Gasteiger partial charge in [-0.1, -0.05) is 109 Å². The molecule has 0 radical (unpaired) electrons. The minimum Gasteiger partial charge on any atom is -0.485 e. The second kappa shape index (κ2) is 10.1. The van der Waals surface area contributed by atoms with Crippen LogP contribution >= 0.6 is 11.3 Å². The van der Waals surface area contributed by atoms with Gasteiger partial charge in [-0.3, -0.25) is 0 Å². The minimum atomic E-state index is -0.124. The Bertz CT molecular complexity index is 2270. The van der Waals surface area contributed by atoms with Gasteiger partial charge in [0.1, 0.15) is 11.9 Å². The van der Waals surface area contributed by atoms with E-state index in [4.69, 9.17) is 19.7 Å². The summed E-state index contributed by atoms with van der Waals surface area (Å²) in [6, 6.07) is 42.1. The molecule has 2 aromatic heterocycles. The fraction of sp³-hybridized carbons (Fsp3) is 0.0513. The zero-order chi connectivity index (χ0) is 29.0. The third kappa shape index (κ3) is 4.08. The van der Waals surface area contributed by atoms with Gasteiger partial charge >= 0.3 is 0 Å². The van der Waals surface area contributed by atoms with Crippen LogP contribution in [0.2, 0.25) is 0 Å².